The molecule has 0 bridgehead atoms. The number of hydrogen-bond donors (Lipinski definition) is 2. The van der Waals surface area contributed by atoms with E-state index in [2.05, 4.69) is 28.5 Å². The van der Waals surface area contributed by atoms with Crippen LogP contribution in [0.4, 0.5) is 5.69 Å². The van der Waals surface area contributed by atoms with E-state index >= 15 is 0 Å². The van der Waals surface area contributed by atoms with E-state index in [-0.39, 0.29) is 0 Å². The first kappa shape index (κ1) is 16.3. The molecule has 0 atom stereocenters. The number of aliphatic imine (C=N–C) groups is 1. The van der Waals surface area contributed by atoms with Crippen molar-refractivity contribution >= 4 is 11.6 Å². The number of methoxy groups -OCH3 is 1. The normalized spacial score (nSPS) is 19.8. The summed E-state index contributed by atoms with van der Waals surface area (Å²) in [7, 11) is 1.77. The second kappa shape index (κ2) is 7.35. The van der Waals surface area contributed by atoms with Gasteiger partial charge in [0.1, 0.15) is 0 Å². The van der Waals surface area contributed by atoms with Crippen LogP contribution in [0.25, 0.3) is 0 Å². The summed E-state index contributed by atoms with van der Waals surface area (Å²) in [6.45, 7) is 1.62. The van der Waals surface area contributed by atoms with Gasteiger partial charge in [-0.15, -0.1) is 0 Å². The fraction of sp³-hybridized carbons (Fsp3) is 0.632. The van der Waals surface area contributed by atoms with Crippen molar-refractivity contribution < 1.29 is 4.74 Å². The number of nitrogens with two attached hydrogens (primary N) is 1. The van der Waals surface area contributed by atoms with Crippen LogP contribution in [0.15, 0.2) is 23.2 Å². The molecule has 3 rings (SSSR count). The van der Waals surface area contributed by atoms with Crippen molar-refractivity contribution in [3.8, 4) is 0 Å². The summed E-state index contributed by atoms with van der Waals surface area (Å²) < 4.78 is 5.24. The molecule has 1 aromatic rings. The van der Waals surface area contributed by atoms with Gasteiger partial charge in [-0.25, -0.2) is 0 Å². The highest BCUT2D eigenvalue weighted by atomic mass is 16.5. The third-order valence-corrected chi connectivity index (χ3v) is 5.49. The van der Waals surface area contributed by atoms with Crippen molar-refractivity contribution in [2.45, 2.75) is 51.4 Å². The van der Waals surface area contributed by atoms with E-state index in [9.17, 15) is 0 Å². The first-order valence-electron chi connectivity index (χ1n) is 8.89. The molecule has 0 heterocycles. The van der Waals surface area contributed by atoms with Gasteiger partial charge in [-0.2, -0.15) is 0 Å². The summed E-state index contributed by atoms with van der Waals surface area (Å²) in [6.07, 6.45) is 9.76. The number of anilines is 1. The zero-order valence-electron chi connectivity index (χ0n) is 14.2. The van der Waals surface area contributed by atoms with Crippen LogP contribution in [0, 0.1) is 5.41 Å². The van der Waals surface area contributed by atoms with Gasteiger partial charge in [-0.1, -0.05) is 18.6 Å². The highest BCUT2D eigenvalue weighted by Gasteiger charge is 2.36. The maximum Gasteiger partial charge on any atom is 0.193 e. The van der Waals surface area contributed by atoms with Gasteiger partial charge >= 0.3 is 0 Å². The number of nitrogens with zero attached hydrogens (tertiary/aromatic N) is 1. The Labute approximate surface area is 139 Å². The fourth-order valence-corrected chi connectivity index (χ4v) is 3.81. The van der Waals surface area contributed by atoms with E-state index in [0.29, 0.717) is 11.4 Å². The summed E-state index contributed by atoms with van der Waals surface area (Å²) in [5.41, 5.74) is 10.5. The van der Waals surface area contributed by atoms with Crippen molar-refractivity contribution in [1.29, 1.82) is 0 Å². The Kier molecular flexibility index (Phi) is 5.21. The molecule has 4 heteroatoms. The van der Waals surface area contributed by atoms with Crippen LogP contribution in [-0.2, 0) is 17.6 Å². The summed E-state index contributed by atoms with van der Waals surface area (Å²) >= 11 is 0. The largest absolute Gasteiger partial charge is 0.385 e. The maximum absolute atomic E-state index is 6.16. The molecule has 2 aliphatic rings. The molecule has 0 aliphatic heterocycles. The molecular formula is C19H29N3O. The first-order chi connectivity index (χ1) is 11.2. The molecule has 0 aromatic heterocycles. The van der Waals surface area contributed by atoms with Gasteiger partial charge in [0.05, 0.1) is 0 Å². The van der Waals surface area contributed by atoms with Crippen LogP contribution in [0.5, 0.6) is 0 Å². The average molecular weight is 315 g/mol. The van der Waals surface area contributed by atoms with Crippen LogP contribution in [0.3, 0.4) is 0 Å². The minimum Gasteiger partial charge on any atom is -0.385 e. The van der Waals surface area contributed by atoms with Crippen molar-refractivity contribution in [1.82, 2.24) is 0 Å². The van der Waals surface area contributed by atoms with Gasteiger partial charge in [0, 0.05) is 25.9 Å². The number of nitrogens with one attached hydrogen (secondary N) is 1. The molecular weight excluding hydrogens is 286 g/mol. The van der Waals surface area contributed by atoms with Gasteiger partial charge in [0.2, 0.25) is 0 Å². The first-order valence-corrected chi connectivity index (χ1v) is 8.89. The molecule has 126 valence electrons. The van der Waals surface area contributed by atoms with Crippen molar-refractivity contribution in [2.24, 2.45) is 16.1 Å². The van der Waals surface area contributed by atoms with E-state index in [1.807, 2.05) is 0 Å². The lowest BCUT2D eigenvalue weighted by molar-refractivity contribution is 0.0780. The predicted molar refractivity (Wildman–Crippen MR) is 96.0 cm³/mol. The van der Waals surface area contributed by atoms with Gasteiger partial charge in [-0.3, -0.25) is 4.99 Å². The molecule has 0 saturated heterocycles. The van der Waals surface area contributed by atoms with Crippen molar-refractivity contribution in [2.75, 3.05) is 25.6 Å². The minimum absolute atomic E-state index is 0.318. The van der Waals surface area contributed by atoms with Crippen LogP contribution in [0.2, 0.25) is 0 Å². The van der Waals surface area contributed by atoms with E-state index in [1.54, 1.807) is 7.11 Å². The van der Waals surface area contributed by atoms with Crippen molar-refractivity contribution in [3.05, 3.63) is 29.3 Å². The Bertz CT molecular complexity index is 564. The molecule has 2 aliphatic carbocycles. The summed E-state index contributed by atoms with van der Waals surface area (Å²) in [6, 6.07) is 6.48. The Hall–Kier alpha value is -1.55. The number of hydrogen-bond acceptors (Lipinski definition) is 2. The molecule has 0 radical (unpaired) electrons. The van der Waals surface area contributed by atoms with Gasteiger partial charge < -0.3 is 15.8 Å². The van der Waals surface area contributed by atoms with Crippen LogP contribution >= 0.6 is 0 Å². The standard InChI is InChI=1S/C19H29N3O/c1-23-13-12-19(10-5-11-19)14-21-18(20)22-17-9-4-7-15-6-2-3-8-16(15)17/h4,7,9H,2-3,5-6,8,10-14H2,1H3,(H3,20,21,22). The fourth-order valence-electron chi connectivity index (χ4n) is 3.81. The van der Waals surface area contributed by atoms with Crippen LogP contribution < -0.4 is 11.1 Å². The molecule has 3 N–H and O–H groups in total. The van der Waals surface area contributed by atoms with Gasteiger partial charge in [0.15, 0.2) is 5.96 Å². The second-order valence-electron chi connectivity index (χ2n) is 7.07. The number of guanidine groups is 1. The highest BCUT2D eigenvalue weighted by molar-refractivity contribution is 5.93. The lowest BCUT2D eigenvalue weighted by Gasteiger charge is -2.40. The number of ether oxygens (including phenoxy) is 1. The molecule has 4 nitrogen and oxygen atoms in total. The minimum atomic E-state index is 0.318. The smallest absolute Gasteiger partial charge is 0.193 e. The van der Waals surface area contributed by atoms with Crippen LogP contribution in [0.1, 0.15) is 49.7 Å². The molecule has 0 amide bonds. The SMILES string of the molecule is COCCC1(CN=C(N)Nc2cccc3c2CCCC3)CCC1. The molecule has 0 unspecified atom stereocenters. The van der Waals surface area contributed by atoms with Gasteiger partial charge in [0.25, 0.3) is 0 Å². The topological polar surface area (TPSA) is 59.6 Å². The molecule has 1 fully saturated rings. The zero-order chi connectivity index (χ0) is 16.1. The number of aryl methyl sites for hydroxylation is 1. The third kappa shape index (κ3) is 3.86. The molecule has 23 heavy (non-hydrogen) atoms. The highest BCUT2D eigenvalue weighted by Crippen LogP contribution is 2.44. The monoisotopic (exact) mass is 315 g/mol. The van der Waals surface area contributed by atoms with Crippen LogP contribution in [-0.4, -0.2) is 26.2 Å². The van der Waals surface area contributed by atoms with Crippen molar-refractivity contribution in [3.63, 3.8) is 0 Å². The van der Waals surface area contributed by atoms with Gasteiger partial charge in [-0.05, 0) is 67.6 Å². The average Bonchev–Trinajstić information content (AvgIpc) is 2.54. The number of rotatable bonds is 6. The lowest BCUT2D eigenvalue weighted by Crippen LogP contribution is -2.35. The maximum atomic E-state index is 6.16. The molecule has 0 spiro atoms. The van der Waals surface area contributed by atoms with E-state index in [4.69, 9.17) is 10.5 Å². The summed E-state index contributed by atoms with van der Waals surface area (Å²) in [4.78, 5) is 4.64. The summed E-state index contributed by atoms with van der Waals surface area (Å²) in [5, 5.41) is 3.34. The molecule has 1 saturated carbocycles. The van der Waals surface area contributed by atoms with E-state index in [0.717, 1.165) is 31.7 Å². The Morgan fingerprint density at radius 2 is 2.09 bits per heavy atom. The summed E-state index contributed by atoms with van der Waals surface area (Å²) in [5.74, 6) is 0.549. The van der Waals surface area contributed by atoms with E-state index < -0.39 is 0 Å². The number of fused-ring (bicyclic) bond motifs is 1. The van der Waals surface area contributed by atoms with E-state index in [1.165, 1.54) is 49.7 Å². The lowest BCUT2D eigenvalue weighted by atomic mass is 9.67. The quantitative estimate of drug-likeness (QED) is 0.624. The second-order valence-corrected chi connectivity index (χ2v) is 7.07. The third-order valence-electron chi connectivity index (χ3n) is 5.49. The Morgan fingerprint density at radius 1 is 1.26 bits per heavy atom. The molecule has 1 aromatic carbocycles. The Morgan fingerprint density at radius 3 is 2.83 bits per heavy atom. The Balaban J connectivity index is 1.63. The number of benzene rings is 1. The zero-order valence-corrected chi connectivity index (χ0v) is 14.2. The predicted octanol–water partition coefficient (Wildman–Crippen LogP) is 3.50.